The molecule has 1 aromatic carbocycles. The number of methoxy groups -OCH3 is 2. The highest BCUT2D eigenvalue weighted by molar-refractivity contribution is 5.40. The van der Waals surface area contributed by atoms with Crippen LogP contribution in [0.15, 0.2) is 48.9 Å². The van der Waals surface area contributed by atoms with Crippen molar-refractivity contribution in [1.82, 2.24) is 19.9 Å². The van der Waals surface area contributed by atoms with Gasteiger partial charge in [0.05, 0.1) is 14.2 Å². The molecule has 0 atom stereocenters. The summed E-state index contributed by atoms with van der Waals surface area (Å²) < 4.78 is 12.6. The van der Waals surface area contributed by atoms with Crippen molar-refractivity contribution in [2.75, 3.05) is 14.2 Å². The predicted octanol–water partition coefficient (Wildman–Crippen LogP) is 2.88. The Balaban J connectivity index is 1.60. The normalized spacial score (nSPS) is 10.7. The van der Waals surface area contributed by atoms with E-state index in [1.54, 1.807) is 20.4 Å². The fourth-order valence-corrected chi connectivity index (χ4v) is 2.62. The van der Waals surface area contributed by atoms with Gasteiger partial charge < -0.3 is 14.8 Å². The second-order valence-corrected chi connectivity index (χ2v) is 5.65. The summed E-state index contributed by atoms with van der Waals surface area (Å²) in [4.78, 5) is 8.72. The number of imidazole rings is 1. The topological polar surface area (TPSA) is 61.2 Å². The summed E-state index contributed by atoms with van der Waals surface area (Å²) in [5.74, 6) is 3.40. The summed E-state index contributed by atoms with van der Waals surface area (Å²) in [5, 5.41) is 3.42. The first-order chi connectivity index (χ1) is 12.2. The van der Waals surface area contributed by atoms with Gasteiger partial charge in [0.25, 0.3) is 0 Å². The lowest BCUT2D eigenvalue weighted by Crippen LogP contribution is -2.13. The van der Waals surface area contributed by atoms with Gasteiger partial charge in [0, 0.05) is 43.3 Å². The van der Waals surface area contributed by atoms with Crippen LogP contribution in [0.25, 0.3) is 5.82 Å². The van der Waals surface area contributed by atoms with Crippen LogP contribution in [0.3, 0.4) is 0 Å². The molecular weight excluding hydrogens is 316 g/mol. The van der Waals surface area contributed by atoms with E-state index in [-0.39, 0.29) is 0 Å². The van der Waals surface area contributed by atoms with Crippen molar-refractivity contribution in [3.63, 3.8) is 0 Å². The molecule has 0 saturated heterocycles. The van der Waals surface area contributed by atoms with E-state index in [4.69, 9.17) is 9.47 Å². The minimum Gasteiger partial charge on any atom is -0.497 e. The minimum absolute atomic E-state index is 0.704. The van der Waals surface area contributed by atoms with E-state index in [0.717, 1.165) is 40.8 Å². The smallest absolute Gasteiger partial charge is 0.137 e. The Bertz CT molecular complexity index is 828. The maximum atomic E-state index is 5.42. The highest BCUT2D eigenvalue weighted by Gasteiger charge is 2.05. The fourth-order valence-electron chi connectivity index (χ4n) is 2.62. The number of rotatable bonds is 7. The molecule has 0 aliphatic carbocycles. The largest absolute Gasteiger partial charge is 0.497 e. The molecule has 0 spiro atoms. The molecule has 0 aliphatic heterocycles. The molecule has 6 heteroatoms. The monoisotopic (exact) mass is 338 g/mol. The molecule has 0 fully saturated rings. The van der Waals surface area contributed by atoms with Gasteiger partial charge in [0.15, 0.2) is 0 Å². The van der Waals surface area contributed by atoms with Gasteiger partial charge in [-0.15, -0.1) is 0 Å². The standard InChI is InChI=1S/C19H22N4O2/c1-14-21-8-9-23(14)19-7-4-15(12-22-19)11-20-13-16-5-6-17(24-2)10-18(16)25-3/h4-10,12,20H,11,13H2,1-3H3. The van der Waals surface area contributed by atoms with Gasteiger partial charge in [0.2, 0.25) is 0 Å². The number of nitrogens with one attached hydrogen (secondary N) is 1. The molecule has 0 amide bonds. The minimum atomic E-state index is 0.704. The Labute approximate surface area is 147 Å². The first-order valence-electron chi connectivity index (χ1n) is 8.08. The van der Waals surface area contributed by atoms with Crippen molar-refractivity contribution in [1.29, 1.82) is 0 Å². The van der Waals surface area contributed by atoms with Crippen LogP contribution < -0.4 is 14.8 Å². The molecule has 1 N–H and O–H groups in total. The summed E-state index contributed by atoms with van der Waals surface area (Å²) >= 11 is 0. The molecular formula is C19H22N4O2. The van der Waals surface area contributed by atoms with Gasteiger partial charge in [-0.25, -0.2) is 9.97 Å². The average molecular weight is 338 g/mol. The third-order valence-corrected chi connectivity index (χ3v) is 4.02. The van der Waals surface area contributed by atoms with Crippen molar-refractivity contribution < 1.29 is 9.47 Å². The second kappa shape index (κ2) is 7.81. The number of aryl methyl sites for hydroxylation is 1. The van der Waals surface area contributed by atoms with Crippen LogP contribution in [0.5, 0.6) is 11.5 Å². The molecule has 2 heterocycles. The molecule has 0 aliphatic rings. The zero-order chi connectivity index (χ0) is 17.6. The third-order valence-electron chi connectivity index (χ3n) is 4.02. The second-order valence-electron chi connectivity index (χ2n) is 5.65. The molecule has 0 bridgehead atoms. The first-order valence-corrected chi connectivity index (χ1v) is 8.08. The van der Waals surface area contributed by atoms with Gasteiger partial charge in [-0.05, 0) is 24.6 Å². The number of aromatic nitrogens is 3. The number of nitrogens with zero attached hydrogens (tertiary/aromatic N) is 3. The van der Waals surface area contributed by atoms with E-state index < -0.39 is 0 Å². The van der Waals surface area contributed by atoms with Gasteiger partial charge >= 0.3 is 0 Å². The molecule has 3 aromatic rings. The number of pyridine rings is 1. The van der Waals surface area contributed by atoms with Crippen molar-refractivity contribution >= 4 is 0 Å². The quantitative estimate of drug-likeness (QED) is 0.718. The number of hydrogen-bond donors (Lipinski definition) is 1. The Morgan fingerprint density at radius 1 is 1.04 bits per heavy atom. The average Bonchev–Trinajstić information content (AvgIpc) is 3.08. The van der Waals surface area contributed by atoms with Gasteiger partial charge in [-0.1, -0.05) is 12.1 Å². The summed E-state index contributed by atoms with van der Waals surface area (Å²) in [7, 11) is 3.31. The van der Waals surface area contributed by atoms with Crippen molar-refractivity contribution in [3.8, 4) is 17.3 Å². The lowest BCUT2D eigenvalue weighted by Gasteiger charge is -2.11. The molecule has 25 heavy (non-hydrogen) atoms. The molecule has 0 radical (unpaired) electrons. The lowest BCUT2D eigenvalue weighted by atomic mass is 10.2. The van der Waals surface area contributed by atoms with E-state index in [1.807, 2.05) is 48.1 Å². The van der Waals surface area contributed by atoms with Crippen LogP contribution in [0.4, 0.5) is 0 Å². The highest BCUT2D eigenvalue weighted by atomic mass is 16.5. The highest BCUT2D eigenvalue weighted by Crippen LogP contribution is 2.24. The molecule has 0 unspecified atom stereocenters. The zero-order valence-electron chi connectivity index (χ0n) is 14.7. The van der Waals surface area contributed by atoms with E-state index in [0.29, 0.717) is 6.54 Å². The van der Waals surface area contributed by atoms with Crippen LogP contribution in [-0.2, 0) is 13.1 Å². The fraction of sp³-hybridized carbons (Fsp3) is 0.263. The van der Waals surface area contributed by atoms with Crippen LogP contribution in [0.1, 0.15) is 17.0 Å². The van der Waals surface area contributed by atoms with Gasteiger partial charge in [-0.3, -0.25) is 4.57 Å². The third kappa shape index (κ3) is 3.97. The molecule has 130 valence electrons. The predicted molar refractivity (Wildman–Crippen MR) is 96.2 cm³/mol. The Morgan fingerprint density at radius 3 is 2.56 bits per heavy atom. The maximum Gasteiger partial charge on any atom is 0.137 e. The molecule has 6 nitrogen and oxygen atoms in total. The van der Waals surface area contributed by atoms with Crippen LogP contribution >= 0.6 is 0 Å². The van der Waals surface area contributed by atoms with E-state index in [9.17, 15) is 0 Å². The van der Waals surface area contributed by atoms with Crippen LogP contribution in [0, 0.1) is 6.92 Å². The summed E-state index contributed by atoms with van der Waals surface area (Å²) in [6.07, 6.45) is 5.56. The van der Waals surface area contributed by atoms with E-state index in [1.165, 1.54) is 0 Å². The van der Waals surface area contributed by atoms with Gasteiger partial charge in [-0.2, -0.15) is 0 Å². The Kier molecular flexibility index (Phi) is 5.30. The van der Waals surface area contributed by atoms with Gasteiger partial charge in [0.1, 0.15) is 23.1 Å². The van der Waals surface area contributed by atoms with Crippen molar-refractivity contribution in [2.45, 2.75) is 20.0 Å². The summed E-state index contributed by atoms with van der Waals surface area (Å²) in [6.45, 7) is 3.39. The molecule has 3 rings (SSSR count). The Hall–Kier alpha value is -2.86. The number of ether oxygens (including phenoxy) is 2. The zero-order valence-corrected chi connectivity index (χ0v) is 14.7. The van der Waals surface area contributed by atoms with Crippen LogP contribution in [-0.4, -0.2) is 28.8 Å². The number of hydrogen-bond acceptors (Lipinski definition) is 5. The maximum absolute atomic E-state index is 5.42. The van der Waals surface area contributed by atoms with Crippen molar-refractivity contribution in [3.05, 3.63) is 65.9 Å². The summed E-state index contributed by atoms with van der Waals surface area (Å²) in [6, 6.07) is 9.90. The summed E-state index contributed by atoms with van der Waals surface area (Å²) in [5.41, 5.74) is 2.20. The number of benzene rings is 1. The first kappa shape index (κ1) is 17.0. The van der Waals surface area contributed by atoms with Crippen LogP contribution in [0.2, 0.25) is 0 Å². The van der Waals surface area contributed by atoms with E-state index >= 15 is 0 Å². The van der Waals surface area contributed by atoms with E-state index in [2.05, 4.69) is 21.4 Å². The SMILES string of the molecule is COc1ccc(CNCc2ccc(-n3ccnc3C)nc2)c(OC)c1. The molecule has 2 aromatic heterocycles. The lowest BCUT2D eigenvalue weighted by molar-refractivity contribution is 0.390. The molecule has 0 saturated carbocycles. The Morgan fingerprint density at radius 2 is 1.92 bits per heavy atom. The van der Waals surface area contributed by atoms with Crippen molar-refractivity contribution in [2.24, 2.45) is 0 Å².